The molecule has 2 aromatic rings. The van der Waals surface area contributed by atoms with Crippen LogP contribution in [0.1, 0.15) is 33.5 Å². The second kappa shape index (κ2) is 6.40. The molecular weight excluding hydrogens is 258 g/mol. The van der Waals surface area contributed by atoms with Crippen LogP contribution in [0.25, 0.3) is 0 Å². The standard InChI is InChI=1S/C19H21NO/c1-13-8-10-17(11-9-13)19(21)12-15(3)20-18-7-5-6-14(2)16(18)4/h5-11,20H,3,12H2,1-2,4H3. The van der Waals surface area contributed by atoms with Crippen LogP contribution in [0.4, 0.5) is 5.69 Å². The van der Waals surface area contributed by atoms with E-state index in [2.05, 4.69) is 31.8 Å². The average Bonchev–Trinajstić information content (AvgIpc) is 2.44. The van der Waals surface area contributed by atoms with Crippen LogP contribution < -0.4 is 5.32 Å². The van der Waals surface area contributed by atoms with E-state index >= 15 is 0 Å². The van der Waals surface area contributed by atoms with Gasteiger partial charge < -0.3 is 5.32 Å². The topological polar surface area (TPSA) is 29.1 Å². The summed E-state index contributed by atoms with van der Waals surface area (Å²) in [6.45, 7) is 10.1. The number of benzene rings is 2. The molecule has 0 aliphatic heterocycles. The zero-order chi connectivity index (χ0) is 15.4. The number of hydrogen-bond acceptors (Lipinski definition) is 2. The monoisotopic (exact) mass is 279 g/mol. The van der Waals surface area contributed by atoms with Gasteiger partial charge in [-0.2, -0.15) is 0 Å². The molecule has 2 aromatic carbocycles. The van der Waals surface area contributed by atoms with Gasteiger partial charge in [-0.3, -0.25) is 4.79 Å². The zero-order valence-electron chi connectivity index (χ0n) is 12.9. The third-order valence-corrected chi connectivity index (χ3v) is 3.66. The minimum absolute atomic E-state index is 0.0813. The largest absolute Gasteiger partial charge is 0.359 e. The van der Waals surface area contributed by atoms with Crippen LogP contribution in [0.5, 0.6) is 0 Å². The summed E-state index contributed by atoms with van der Waals surface area (Å²) in [6, 6.07) is 13.7. The lowest BCUT2D eigenvalue weighted by Gasteiger charge is -2.13. The van der Waals surface area contributed by atoms with Crippen LogP contribution in [0.3, 0.4) is 0 Å². The van der Waals surface area contributed by atoms with Crippen molar-refractivity contribution in [2.75, 3.05) is 5.32 Å². The van der Waals surface area contributed by atoms with Gasteiger partial charge in [0.2, 0.25) is 0 Å². The lowest BCUT2D eigenvalue weighted by molar-refractivity contribution is 0.0993. The predicted molar refractivity (Wildman–Crippen MR) is 88.8 cm³/mol. The average molecular weight is 279 g/mol. The summed E-state index contributed by atoms with van der Waals surface area (Å²) in [5.74, 6) is 0.0813. The number of carbonyl (C=O) groups excluding carboxylic acids is 1. The first-order chi connectivity index (χ1) is 9.97. The molecule has 0 amide bonds. The van der Waals surface area contributed by atoms with Crippen molar-refractivity contribution in [2.45, 2.75) is 27.2 Å². The van der Waals surface area contributed by atoms with E-state index in [0.29, 0.717) is 12.1 Å². The maximum Gasteiger partial charge on any atom is 0.168 e. The molecule has 0 aromatic heterocycles. The zero-order valence-corrected chi connectivity index (χ0v) is 12.9. The van der Waals surface area contributed by atoms with Gasteiger partial charge in [-0.1, -0.05) is 48.5 Å². The Balaban J connectivity index is 2.03. The first kappa shape index (κ1) is 15.0. The number of rotatable bonds is 5. The number of nitrogens with one attached hydrogen (secondary N) is 1. The summed E-state index contributed by atoms with van der Waals surface area (Å²) >= 11 is 0. The second-order valence-corrected chi connectivity index (χ2v) is 5.44. The molecule has 0 radical (unpaired) electrons. The molecule has 0 aliphatic carbocycles. The number of ketones is 1. The summed E-state index contributed by atoms with van der Waals surface area (Å²) in [4.78, 5) is 12.2. The molecule has 108 valence electrons. The normalized spacial score (nSPS) is 10.2. The van der Waals surface area contributed by atoms with Crippen molar-refractivity contribution in [3.63, 3.8) is 0 Å². The molecule has 0 atom stereocenters. The van der Waals surface area contributed by atoms with Crippen LogP contribution in [-0.4, -0.2) is 5.78 Å². The Labute approximate surface area is 126 Å². The van der Waals surface area contributed by atoms with Crippen molar-refractivity contribution in [1.29, 1.82) is 0 Å². The molecule has 0 bridgehead atoms. The maximum atomic E-state index is 12.2. The van der Waals surface area contributed by atoms with Crippen LogP contribution in [0, 0.1) is 20.8 Å². The van der Waals surface area contributed by atoms with Gasteiger partial charge in [-0.15, -0.1) is 0 Å². The van der Waals surface area contributed by atoms with Crippen molar-refractivity contribution in [3.05, 3.63) is 77.0 Å². The Morgan fingerprint density at radius 1 is 1.05 bits per heavy atom. The predicted octanol–water partition coefficient (Wildman–Crippen LogP) is 4.81. The lowest BCUT2D eigenvalue weighted by atomic mass is 10.0. The van der Waals surface area contributed by atoms with Crippen LogP contribution in [0.2, 0.25) is 0 Å². The first-order valence-corrected chi connectivity index (χ1v) is 7.08. The van der Waals surface area contributed by atoms with E-state index in [0.717, 1.165) is 16.8 Å². The highest BCUT2D eigenvalue weighted by atomic mass is 16.1. The Morgan fingerprint density at radius 3 is 2.38 bits per heavy atom. The third kappa shape index (κ3) is 3.82. The van der Waals surface area contributed by atoms with Crippen molar-refractivity contribution in [3.8, 4) is 0 Å². The molecule has 0 fully saturated rings. The number of hydrogen-bond donors (Lipinski definition) is 1. The van der Waals surface area contributed by atoms with Gasteiger partial charge in [0.25, 0.3) is 0 Å². The molecule has 0 aliphatic rings. The van der Waals surface area contributed by atoms with E-state index in [1.807, 2.05) is 43.3 Å². The molecule has 2 rings (SSSR count). The van der Waals surface area contributed by atoms with E-state index in [4.69, 9.17) is 0 Å². The molecule has 0 heterocycles. The summed E-state index contributed by atoms with van der Waals surface area (Å²) in [5, 5.41) is 3.25. The highest BCUT2D eigenvalue weighted by Gasteiger charge is 2.09. The second-order valence-electron chi connectivity index (χ2n) is 5.44. The molecule has 1 N–H and O–H groups in total. The lowest BCUT2D eigenvalue weighted by Crippen LogP contribution is -2.07. The molecule has 2 heteroatoms. The van der Waals surface area contributed by atoms with E-state index in [1.54, 1.807) is 0 Å². The fourth-order valence-corrected chi connectivity index (χ4v) is 2.16. The highest BCUT2D eigenvalue weighted by molar-refractivity contribution is 5.97. The van der Waals surface area contributed by atoms with Crippen molar-refractivity contribution >= 4 is 11.5 Å². The number of Topliss-reactive ketones (excluding diaryl/α,β-unsaturated/α-hetero) is 1. The summed E-state index contributed by atoms with van der Waals surface area (Å²) < 4.78 is 0. The van der Waals surface area contributed by atoms with Gasteiger partial charge in [-0.25, -0.2) is 0 Å². The van der Waals surface area contributed by atoms with E-state index < -0.39 is 0 Å². The van der Waals surface area contributed by atoms with Crippen LogP contribution in [-0.2, 0) is 0 Å². The van der Waals surface area contributed by atoms with Crippen LogP contribution >= 0.6 is 0 Å². The smallest absolute Gasteiger partial charge is 0.168 e. The maximum absolute atomic E-state index is 12.2. The summed E-state index contributed by atoms with van der Waals surface area (Å²) in [7, 11) is 0. The van der Waals surface area contributed by atoms with Crippen molar-refractivity contribution in [1.82, 2.24) is 0 Å². The molecule has 2 nitrogen and oxygen atoms in total. The van der Waals surface area contributed by atoms with Gasteiger partial charge in [-0.05, 0) is 38.0 Å². The van der Waals surface area contributed by atoms with Crippen LogP contribution in [0.15, 0.2) is 54.7 Å². The highest BCUT2D eigenvalue weighted by Crippen LogP contribution is 2.20. The fourth-order valence-electron chi connectivity index (χ4n) is 2.16. The van der Waals surface area contributed by atoms with Crippen molar-refractivity contribution < 1.29 is 4.79 Å². The number of aryl methyl sites for hydroxylation is 2. The number of anilines is 1. The van der Waals surface area contributed by atoms with Gasteiger partial charge in [0.05, 0.1) is 6.42 Å². The van der Waals surface area contributed by atoms with E-state index in [1.165, 1.54) is 11.1 Å². The minimum Gasteiger partial charge on any atom is -0.359 e. The van der Waals surface area contributed by atoms with E-state index in [9.17, 15) is 4.79 Å². The van der Waals surface area contributed by atoms with Gasteiger partial charge in [0, 0.05) is 16.9 Å². The summed E-state index contributed by atoms with van der Waals surface area (Å²) in [6.07, 6.45) is 0.302. The SMILES string of the molecule is C=C(CC(=O)c1ccc(C)cc1)Nc1cccc(C)c1C. The Hall–Kier alpha value is -2.35. The summed E-state index contributed by atoms with van der Waals surface area (Å²) in [5.41, 5.74) is 6.01. The molecule has 0 saturated carbocycles. The molecule has 0 spiro atoms. The van der Waals surface area contributed by atoms with E-state index in [-0.39, 0.29) is 5.78 Å². The fraction of sp³-hybridized carbons (Fsp3) is 0.211. The van der Waals surface area contributed by atoms with Gasteiger partial charge in [0.1, 0.15) is 0 Å². The third-order valence-electron chi connectivity index (χ3n) is 3.66. The Morgan fingerprint density at radius 2 is 1.71 bits per heavy atom. The van der Waals surface area contributed by atoms with Crippen molar-refractivity contribution in [2.24, 2.45) is 0 Å². The molecule has 21 heavy (non-hydrogen) atoms. The minimum atomic E-state index is 0.0813. The Kier molecular flexibility index (Phi) is 4.59. The quantitative estimate of drug-likeness (QED) is 0.796. The number of allylic oxidation sites excluding steroid dienone is 1. The first-order valence-electron chi connectivity index (χ1n) is 7.08. The molecule has 0 unspecified atom stereocenters. The number of carbonyl (C=O) groups is 1. The van der Waals surface area contributed by atoms with Gasteiger partial charge in [0.15, 0.2) is 5.78 Å². The molecule has 0 saturated heterocycles. The van der Waals surface area contributed by atoms with Gasteiger partial charge >= 0.3 is 0 Å². The molecular formula is C19H21NO. The Bertz CT molecular complexity index is 668.